The summed E-state index contributed by atoms with van der Waals surface area (Å²) >= 11 is 0. The summed E-state index contributed by atoms with van der Waals surface area (Å²) in [5.74, 6) is -0.302. The monoisotopic (exact) mass is 269 g/mol. The molecule has 0 radical (unpaired) electrons. The van der Waals surface area contributed by atoms with Gasteiger partial charge in [-0.3, -0.25) is 14.5 Å². The Morgan fingerprint density at radius 1 is 1.21 bits per heavy atom. The van der Waals surface area contributed by atoms with Crippen LogP contribution in [0.15, 0.2) is 0 Å². The summed E-state index contributed by atoms with van der Waals surface area (Å²) in [6.45, 7) is 2.56. The first-order chi connectivity index (χ1) is 9.11. The van der Waals surface area contributed by atoms with Crippen LogP contribution in [0.25, 0.3) is 0 Å². The van der Waals surface area contributed by atoms with Crippen molar-refractivity contribution in [3.8, 4) is 0 Å². The van der Waals surface area contributed by atoms with Gasteiger partial charge in [-0.15, -0.1) is 0 Å². The number of amides is 1. The Kier molecular flexibility index (Phi) is 4.76. The molecule has 6 heteroatoms. The Morgan fingerprint density at radius 3 is 2.47 bits per heavy atom. The standard InChI is InChI=1S/C13H23N3O3/c1-19-13(18)9-3-6-16(7-4-9)11-8-10(12(14)17)2-5-15-11/h9-11,15H,2-8H2,1H3,(H2,14,17). The van der Waals surface area contributed by atoms with Crippen molar-refractivity contribution in [1.29, 1.82) is 0 Å². The smallest absolute Gasteiger partial charge is 0.308 e. The minimum Gasteiger partial charge on any atom is -0.469 e. The third kappa shape index (κ3) is 3.45. The lowest BCUT2D eigenvalue weighted by Crippen LogP contribution is -2.54. The molecule has 0 aromatic rings. The van der Waals surface area contributed by atoms with E-state index in [0.29, 0.717) is 0 Å². The van der Waals surface area contributed by atoms with Gasteiger partial charge in [0.1, 0.15) is 0 Å². The summed E-state index contributed by atoms with van der Waals surface area (Å²) < 4.78 is 4.78. The number of hydrogen-bond donors (Lipinski definition) is 2. The van der Waals surface area contributed by atoms with Gasteiger partial charge in [-0.2, -0.15) is 0 Å². The molecule has 1 amide bonds. The molecule has 19 heavy (non-hydrogen) atoms. The van der Waals surface area contributed by atoms with E-state index in [9.17, 15) is 9.59 Å². The van der Waals surface area contributed by atoms with Crippen LogP contribution in [0.2, 0.25) is 0 Å². The molecule has 0 bridgehead atoms. The van der Waals surface area contributed by atoms with Crippen LogP contribution in [0, 0.1) is 11.8 Å². The quantitative estimate of drug-likeness (QED) is 0.686. The van der Waals surface area contributed by atoms with Gasteiger partial charge in [0, 0.05) is 19.0 Å². The second-order valence-corrected chi connectivity index (χ2v) is 5.43. The lowest BCUT2D eigenvalue weighted by molar-refractivity contribution is -0.147. The number of rotatable bonds is 3. The molecule has 0 aromatic carbocycles. The zero-order valence-corrected chi connectivity index (χ0v) is 11.4. The number of carbonyl (C=O) groups is 2. The van der Waals surface area contributed by atoms with E-state index in [1.54, 1.807) is 0 Å². The Morgan fingerprint density at radius 2 is 1.89 bits per heavy atom. The number of primary amides is 1. The summed E-state index contributed by atoms with van der Waals surface area (Å²) in [4.78, 5) is 25.1. The number of ether oxygens (including phenoxy) is 1. The lowest BCUT2D eigenvalue weighted by atomic mass is 9.92. The van der Waals surface area contributed by atoms with Crippen LogP contribution >= 0.6 is 0 Å². The molecule has 2 unspecified atom stereocenters. The SMILES string of the molecule is COC(=O)C1CCN(C2CC(C(N)=O)CCN2)CC1. The summed E-state index contributed by atoms with van der Waals surface area (Å²) in [6.07, 6.45) is 3.46. The molecule has 2 aliphatic heterocycles. The van der Waals surface area contributed by atoms with Crippen LogP contribution in [-0.2, 0) is 14.3 Å². The predicted molar refractivity (Wildman–Crippen MR) is 70.0 cm³/mol. The fourth-order valence-electron chi connectivity index (χ4n) is 3.04. The van der Waals surface area contributed by atoms with Crippen LogP contribution in [0.3, 0.4) is 0 Å². The molecule has 2 rings (SSSR count). The van der Waals surface area contributed by atoms with Gasteiger partial charge in [0.15, 0.2) is 0 Å². The molecule has 108 valence electrons. The highest BCUT2D eigenvalue weighted by molar-refractivity contribution is 5.76. The summed E-state index contributed by atoms with van der Waals surface area (Å²) in [6, 6.07) is 0. The van der Waals surface area contributed by atoms with Crippen molar-refractivity contribution in [1.82, 2.24) is 10.2 Å². The Bertz CT molecular complexity index is 340. The largest absolute Gasteiger partial charge is 0.469 e. The van der Waals surface area contributed by atoms with E-state index in [4.69, 9.17) is 10.5 Å². The molecule has 2 saturated heterocycles. The Labute approximate surface area is 113 Å². The summed E-state index contributed by atoms with van der Waals surface area (Å²) in [5, 5.41) is 3.43. The van der Waals surface area contributed by atoms with Crippen LogP contribution < -0.4 is 11.1 Å². The zero-order valence-electron chi connectivity index (χ0n) is 11.4. The van der Waals surface area contributed by atoms with Crippen molar-refractivity contribution >= 4 is 11.9 Å². The number of esters is 1. The normalized spacial score (nSPS) is 29.9. The molecule has 3 N–H and O–H groups in total. The van der Waals surface area contributed by atoms with E-state index in [0.717, 1.165) is 45.3 Å². The van der Waals surface area contributed by atoms with E-state index in [-0.39, 0.29) is 29.9 Å². The van der Waals surface area contributed by atoms with E-state index in [1.807, 2.05) is 0 Å². The highest BCUT2D eigenvalue weighted by atomic mass is 16.5. The maximum Gasteiger partial charge on any atom is 0.308 e. The number of nitrogens with one attached hydrogen (secondary N) is 1. The Hall–Kier alpha value is -1.14. The maximum absolute atomic E-state index is 11.5. The molecular formula is C13H23N3O3. The summed E-state index contributed by atoms with van der Waals surface area (Å²) in [7, 11) is 1.44. The third-order valence-electron chi connectivity index (χ3n) is 4.29. The second-order valence-electron chi connectivity index (χ2n) is 5.43. The first kappa shape index (κ1) is 14.3. The second kappa shape index (κ2) is 6.34. The molecule has 6 nitrogen and oxygen atoms in total. The molecule has 2 aliphatic rings. The first-order valence-electron chi connectivity index (χ1n) is 6.96. The van der Waals surface area contributed by atoms with Crippen LogP contribution in [-0.4, -0.2) is 49.7 Å². The fourth-order valence-corrected chi connectivity index (χ4v) is 3.04. The van der Waals surface area contributed by atoms with Crippen molar-refractivity contribution in [3.05, 3.63) is 0 Å². The van der Waals surface area contributed by atoms with Gasteiger partial charge in [-0.25, -0.2) is 0 Å². The van der Waals surface area contributed by atoms with Crippen LogP contribution in [0.1, 0.15) is 25.7 Å². The van der Waals surface area contributed by atoms with E-state index < -0.39 is 0 Å². The average Bonchev–Trinajstić information content (AvgIpc) is 2.46. The van der Waals surface area contributed by atoms with E-state index >= 15 is 0 Å². The molecule has 2 fully saturated rings. The molecule has 0 aromatic heterocycles. The fraction of sp³-hybridized carbons (Fsp3) is 0.846. The molecule has 0 aliphatic carbocycles. The molecule has 2 atom stereocenters. The van der Waals surface area contributed by atoms with Gasteiger partial charge in [0.25, 0.3) is 0 Å². The van der Waals surface area contributed by atoms with Gasteiger partial charge in [-0.1, -0.05) is 0 Å². The molecule has 2 heterocycles. The minimum atomic E-state index is -0.198. The summed E-state index contributed by atoms with van der Waals surface area (Å²) in [5.41, 5.74) is 5.39. The number of likely N-dealkylation sites (tertiary alicyclic amines) is 1. The van der Waals surface area contributed by atoms with E-state index in [2.05, 4.69) is 10.2 Å². The lowest BCUT2D eigenvalue weighted by Gasteiger charge is -2.40. The molecule has 0 spiro atoms. The molecular weight excluding hydrogens is 246 g/mol. The third-order valence-corrected chi connectivity index (χ3v) is 4.29. The first-order valence-corrected chi connectivity index (χ1v) is 6.96. The number of methoxy groups -OCH3 is 1. The van der Waals surface area contributed by atoms with Gasteiger partial charge in [-0.05, 0) is 32.2 Å². The van der Waals surface area contributed by atoms with Gasteiger partial charge < -0.3 is 15.8 Å². The van der Waals surface area contributed by atoms with Crippen molar-refractivity contribution in [2.75, 3.05) is 26.7 Å². The van der Waals surface area contributed by atoms with Crippen molar-refractivity contribution in [2.24, 2.45) is 17.6 Å². The zero-order chi connectivity index (χ0) is 13.8. The highest BCUT2D eigenvalue weighted by Crippen LogP contribution is 2.24. The van der Waals surface area contributed by atoms with E-state index in [1.165, 1.54) is 7.11 Å². The maximum atomic E-state index is 11.5. The predicted octanol–water partition coefficient (Wildman–Crippen LogP) is -0.318. The minimum absolute atomic E-state index is 0.0235. The number of hydrogen-bond acceptors (Lipinski definition) is 5. The number of nitrogens with zero attached hydrogens (tertiary/aromatic N) is 1. The van der Waals surface area contributed by atoms with Gasteiger partial charge >= 0.3 is 5.97 Å². The van der Waals surface area contributed by atoms with Crippen LogP contribution in [0.4, 0.5) is 0 Å². The van der Waals surface area contributed by atoms with Crippen molar-refractivity contribution in [3.63, 3.8) is 0 Å². The Balaban J connectivity index is 1.84. The molecule has 0 saturated carbocycles. The topological polar surface area (TPSA) is 84.7 Å². The number of piperidine rings is 2. The van der Waals surface area contributed by atoms with Crippen molar-refractivity contribution < 1.29 is 14.3 Å². The van der Waals surface area contributed by atoms with Crippen LogP contribution in [0.5, 0.6) is 0 Å². The average molecular weight is 269 g/mol. The number of carbonyl (C=O) groups excluding carboxylic acids is 2. The number of nitrogens with two attached hydrogens (primary N) is 1. The van der Waals surface area contributed by atoms with Gasteiger partial charge in [0.05, 0.1) is 19.2 Å². The highest BCUT2D eigenvalue weighted by Gasteiger charge is 2.33. The van der Waals surface area contributed by atoms with Gasteiger partial charge in [0.2, 0.25) is 5.91 Å². The van der Waals surface area contributed by atoms with Crippen molar-refractivity contribution in [2.45, 2.75) is 31.8 Å².